The zero-order valence-corrected chi connectivity index (χ0v) is 15.2. The zero-order chi connectivity index (χ0) is 17.6. The Morgan fingerprint density at radius 3 is 2.92 bits per heavy atom. The van der Waals surface area contributed by atoms with E-state index in [-0.39, 0.29) is 0 Å². The van der Waals surface area contributed by atoms with Crippen molar-refractivity contribution in [3.8, 4) is 5.75 Å². The van der Waals surface area contributed by atoms with Gasteiger partial charge >= 0.3 is 0 Å². The molecule has 3 aromatic rings. The second kappa shape index (κ2) is 8.04. The number of nitrogens with one attached hydrogen (secondary N) is 2. The Morgan fingerprint density at radius 2 is 2.16 bits per heavy atom. The number of aliphatic imine (C=N–C) groups is 1. The fourth-order valence-electron chi connectivity index (χ4n) is 2.22. The third-order valence-corrected chi connectivity index (χ3v) is 4.68. The maximum Gasteiger partial charge on any atom is 0.193 e. The number of guanidine groups is 1. The fraction of sp³-hybridized carbons (Fsp3) is 0.176. The van der Waals surface area contributed by atoms with Crippen molar-refractivity contribution in [2.75, 3.05) is 30.8 Å². The van der Waals surface area contributed by atoms with Gasteiger partial charge in [-0.1, -0.05) is 35.1 Å². The molecule has 4 N–H and O–H groups in total. The molecular formula is C17H18ClN5OS. The van der Waals surface area contributed by atoms with Crippen LogP contribution >= 0.6 is 22.9 Å². The van der Waals surface area contributed by atoms with E-state index < -0.39 is 0 Å². The number of para-hydroxylation sites is 1. The summed E-state index contributed by atoms with van der Waals surface area (Å²) in [7, 11) is 1.57. The molecular weight excluding hydrogens is 358 g/mol. The quantitative estimate of drug-likeness (QED) is 0.346. The van der Waals surface area contributed by atoms with E-state index in [0.717, 1.165) is 21.0 Å². The minimum absolute atomic E-state index is 0.326. The van der Waals surface area contributed by atoms with Crippen molar-refractivity contribution in [2.45, 2.75) is 0 Å². The van der Waals surface area contributed by atoms with Crippen LogP contribution in [0.15, 0.2) is 47.5 Å². The van der Waals surface area contributed by atoms with Crippen LogP contribution in [-0.2, 0) is 0 Å². The number of aromatic nitrogens is 1. The van der Waals surface area contributed by atoms with Crippen LogP contribution in [0.5, 0.6) is 5.75 Å². The summed E-state index contributed by atoms with van der Waals surface area (Å²) in [6, 6.07) is 13.4. The van der Waals surface area contributed by atoms with E-state index in [9.17, 15) is 0 Å². The van der Waals surface area contributed by atoms with Gasteiger partial charge < -0.3 is 21.1 Å². The molecule has 0 saturated heterocycles. The predicted octanol–water partition coefficient (Wildman–Crippen LogP) is 3.80. The molecule has 6 nitrogen and oxygen atoms in total. The van der Waals surface area contributed by atoms with Crippen LogP contribution in [-0.4, -0.2) is 31.1 Å². The third kappa shape index (κ3) is 4.52. The number of ether oxygens (including phenoxy) is 1. The summed E-state index contributed by atoms with van der Waals surface area (Å²) >= 11 is 7.70. The minimum Gasteiger partial charge on any atom is -0.495 e. The average molecular weight is 376 g/mol. The zero-order valence-electron chi connectivity index (χ0n) is 13.6. The van der Waals surface area contributed by atoms with E-state index in [2.05, 4.69) is 26.7 Å². The van der Waals surface area contributed by atoms with Crippen molar-refractivity contribution in [3.05, 3.63) is 47.5 Å². The Hall–Kier alpha value is -2.51. The molecule has 3 rings (SSSR count). The number of hydrogen-bond acceptors (Lipinski definition) is 5. The molecule has 8 heteroatoms. The highest BCUT2D eigenvalue weighted by molar-refractivity contribution is 7.22. The number of thiazole rings is 1. The molecule has 0 aliphatic carbocycles. The normalized spacial score (nSPS) is 11.5. The highest BCUT2D eigenvalue weighted by Crippen LogP contribution is 2.27. The molecule has 1 aromatic heterocycles. The second-order valence-electron chi connectivity index (χ2n) is 5.15. The number of benzene rings is 2. The number of methoxy groups -OCH3 is 1. The van der Waals surface area contributed by atoms with Crippen molar-refractivity contribution < 1.29 is 4.74 Å². The lowest BCUT2D eigenvalue weighted by molar-refractivity contribution is 0.415. The number of halogens is 1. The first-order valence-corrected chi connectivity index (χ1v) is 8.85. The van der Waals surface area contributed by atoms with Crippen molar-refractivity contribution >= 4 is 49.9 Å². The summed E-state index contributed by atoms with van der Waals surface area (Å²) in [6.07, 6.45) is 0. The highest BCUT2D eigenvalue weighted by Gasteiger charge is 2.03. The molecule has 0 bridgehead atoms. The Balaban J connectivity index is 1.50. The SMILES string of the molecule is COc1ccc(NC(N)=NCCNc2nc3ccccc3s2)cc1Cl. The van der Waals surface area contributed by atoms with Crippen molar-refractivity contribution in [1.82, 2.24) is 4.98 Å². The lowest BCUT2D eigenvalue weighted by atomic mass is 10.3. The van der Waals surface area contributed by atoms with Gasteiger partial charge in [0.15, 0.2) is 11.1 Å². The van der Waals surface area contributed by atoms with E-state index in [1.54, 1.807) is 30.6 Å². The van der Waals surface area contributed by atoms with Gasteiger partial charge in [-0.3, -0.25) is 4.99 Å². The summed E-state index contributed by atoms with van der Waals surface area (Å²) in [4.78, 5) is 8.79. The van der Waals surface area contributed by atoms with Crippen molar-refractivity contribution in [3.63, 3.8) is 0 Å². The van der Waals surface area contributed by atoms with E-state index in [0.29, 0.717) is 29.8 Å². The van der Waals surface area contributed by atoms with Crippen LogP contribution in [0, 0.1) is 0 Å². The molecule has 0 aliphatic rings. The molecule has 0 spiro atoms. The van der Waals surface area contributed by atoms with E-state index in [4.69, 9.17) is 22.1 Å². The van der Waals surface area contributed by atoms with Gasteiger partial charge in [0, 0.05) is 12.2 Å². The molecule has 2 aromatic carbocycles. The predicted molar refractivity (Wildman–Crippen MR) is 106 cm³/mol. The van der Waals surface area contributed by atoms with Gasteiger partial charge in [0.25, 0.3) is 0 Å². The summed E-state index contributed by atoms with van der Waals surface area (Å²) in [5.74, 6) is 0.940. The Bertz CT molecular complexity index is 863. The van der Waals surface area contributed by atoms with Gasteiger partial charge in [-0.15, -0.1) is 0 Å². The number of hydrogen-bond donors (Lipinski definition) is 3. The maximum absolute atomic E-state index is 6.08. The van der Waals surface area contributed by atoms with Gasteiger partial charge in [0.2, 0.25) is 0 Å². The van der Waals surface area contributed by atoms with E-state index in [1.807, 2.05) is 24.3 Å². The third-order valence-electron chi connectivity index (χ3n) is 3.39. The van der Waals surface area contributed by atoms with Gasteiger partial charge in [-0.05, 0) is 30.3 Å². The molecule has 0 atom stereocenters. The van der Waals surface area contributed by atoms with Gasteiger partial charge in [0.1, 0.15) is 5.75 Å². The molecule has 0 saturated carbocycles. The molecule has 130 valence electrons. The number of nitrogens with two attached hydrogens (primary N) is 1. The second-order valence-corrected chi connectivity index (χ2v) is 6.59. The molecule has 1 heterocycles. The first-order chi connectivity index (χ1) is 12.2. The van der Waals surface area contributed by atoms with Crippen LogP contribution in [0.3, 0.4) is 0 Å². The first kappa shape index (κ1) is 17.3. The number of anilines is 2. The maximum atomic E-state index is 6.08. The molecule has 0 amide bonds. The molecule has 0 radical (unpaired) electrons. The minimum atomic E-state index is 0.326. The summed E-state index contributed by atoms with van der Waals surface area (Å²) in [5, 5.41) is 7.65. The van der Waals surface area contributed by atoms with Gasteiger partial charge in [-0.25, -0.2) is 4.98 Å². The number of rotatable bonds is 6. The monoisotopic (exact) mass is 375 g/mol. The van der Waals surface area contributed by atoms with E-state index in [1.165, 1.54) is 0 Å². The number of fused-ring (bicyclic) bond motifs is 1. The topological polar surface area (TPSA) is 84.6 Å². The Morgan fingerprint density at radius 1 is 1.32 bits per heavy atom. The molecule has 0 aliphatic heterocycles. The largest absolute Gasteiger partial charge is 0.495 e. The van der Waals surface area contributed by atoms with Crippen LogP contribution in [0.25, 0.3) is 10.2 Å². The van der Waals surface area contributed by atoms with Gasteiger partial charge in [-0.2, -0.15) is 0 Å². The average Bonchev–Trinajstić information content (AvgIpc) is 3.02. The smallest absolute Gasteiger partial charge is 0.193 e. The fourth-order valence-corrected chi connectivity index (χ4v) is 3.37. The summed E-state index contributed by atoms with van der Waals surface area (Å²) in [5.41, 5.74) is 7.64. The lowest BCUT2D eigenvalue weighted by Crippen LogP contribution is -2.23. The van der Waals surface area contributed by atoms with Gasteiger partial charge in [0.05, 0.1) is 28.9 Å². The molecule has 25 heavy (non-hydrogen) atoms. The Kier molecular flexibility index (Phi) is 5.57. The number of nitrogens with zero attached hydrogens (tertiary/aromatic N) is 2. The van der Waals surface area contributed by atoms with Crippen LogP contribution in [0.1, 0.15) is 0 Å². The Labute approximate surface area is 154 Å². The highest BCUT2D eigenvalue weighted by atomic mass is 35.5. The van der Waals surface area contributed by atoms with Crippen LogP contribution in [0.4, 0.5) is 10.8 Å². The lowest BCUT2D eigenvalue weighted by Gasteiger charge is -2.08. The summed E-state index contributed by atoms with van der Waals surface area (Å²) in [6.45, 7) is 1.17. The summed E-state index contributed by atoms with van der Waals surface area (Å²) < 4.78 is 6.27. The van der Waals surface area contributed by atoms with E-state index >= 15 is 0 Å². The standard InChI is InChI=1S/C17H18ClN5OS/c1-24-14-7-6-11(10-12(14)18)22-16(19)20-8-9-21-17-23-13-4-2-3-5-15(13)25-17/h2-7,10H,8-9H2,1H3,(H,21,23)(H3,19,20,22). The van der Waals surface area contributed by atoms with Crippen molar-refractivity contribution in [1.29, 1.82) is 0 Å². The molecule has 0 unspecified atom stereocenters. The van der Waals surface area contributed by atoms with Crippen molar-refractivity contribution in [2.24, 2.45) is 10.7 Å². The molecule has 0 fully saturated rings. The van der Waals surface area contributed by atoms with Crippen LogP contribution in [0.2, 0.25) is 5.02 Å². The first-order valence-electron chi connectivity index (χ1n) is 7.65. The van der Waals surface area contributed by atoms with Crippen LogP contribution < -0.4 is 21.1 Å².